The van der Waals surface area contributed by atoms with Crippen molar-refractivity contribution in [3.05, 3.63) is 22.7 Å². The molecule has 1 aromatic rings. The van der Waals surface area contributed by atoms with Gasteiger partial charge >= 0.3 is 0 Å². The van der Waals surface area contributed by atoms with Gasteiger partial charge in [0.2, 0.25) is 6.79 Å². The molecule has 0 aromatic heterocycles. The standard InChI is InChI=1S/C15H22ClN3O2/c1-18-4-6-19(7-5-18)3-2-17-10-12-8-13(16)15-14(9-12)20-11-21-15/h8-9,17H,2-7,10-11H2,1H3. The third kappa shape index (κ3) is 3.80. The Hall–Kier alpha value is -1.01. The predicted octanol–water partition coefficient (Wildman–Crippen LogP) is 1.41. The third-order valence-electron chi connectivity index (χ3n) is 4.02. The van der Waals surface area contributed by atoms with E-state index in [9.17, 15) is 0 Å². The van der Waals surface area contributed by atoms with Gasteiger partial charge < -0.3 is 19.7 Å². The van der Waals surface area contributed by atoms with Gasteiger partial charge in [0.25, 0.3) is 0 Å². The van der Waals surface area contributed by atoms with Crippen LogP contribution >= 0.6 is 11.6 Å². The van der Waals surface area contributed by atoms with E-state index in [4.69, 9.17) is 21.1 Å². The normalized spacial score (nSPS) is 19.1. The maximum atomic E-state index is 6.18. The fourth-order valence-corrected chi connectivity index (χ4v) is 2.95. The molecule has 0 atom stereocenters. The number of benzene rings is 1. The fraction of sp³-hybridized carbons (Fsp3) is 0.600. The van der Waals surface area contributed by atoms with Crippen molar-refractivity contribution in [3.8, 4) is 11.5 Å². The Kier molecular flexibility index (Phi) is 4.85. The molecule has 0 aliphatic carbocycles. The minimum Gasteiger partial charge on any atom is -0.454 e. The van der Waals surface area contributed by atoms with Gasteiger partial charge in [-0.3, -0.25) is 4.90 Å². The van der Waals surface area contributed by atoms with Crippen LogP contribution < -0.4 is 14.8 Å². The van der Waals surface area contributed by atoms with Crippen molar-refractivity contribution in [3.63, 3.8) is 0 Å². The number of nitrogens with one attached hydrogen (secondary N) is 1. The molecule has 2 aliphatic heterocycles. The van der Waals surface area contributed by atoms with Gasteiger partial charge in [0, 0.05) is 45.8 Å². The van der Waals surface area contributed by atoms with Crippen LogP contribution in [0.2, 0.25) is 5.02 Å². The van der Waals surface area contributed by atoms with Crippen molar-refractivity contribution in [2.24, 2.45) is 0 Å². The molecule has 0 unspecified atom stereocenters. The maximum absolute atomic E-state index is 6.18. The van der Waals surface area contributed by atoms with E-state index in [1.807, 2.05) is 12.1 Å². The van der Waals surface area contributed by atoms with Crippen LogP contribution in [0.3, 0.4) is 0 Å². The zero-order valence-electron chi connectivity index (χ0n) is 12.4. The van der Waals surface area contributed by atoms with Gasteiger partial charge in [-0.1, -0.05) is 11.6 Å². The molecule has 5 nitrogen and oxygen atoms in total. The average Bonchev–Trinajstić information content (AvgIpc) is 2.94. The summed E-state index contributed by atoms with van der Waals surface area (Å²) in [4.78, 5) is 4.87. The number of hydrogen-bond donors (Lipinski definition) is 1. The van der Waals surface area contributed by atoms with E-state index < -0.39 is 0 Å². The van der Waals surface area contributed by atoms with Crippen LogP contribution in [0.15, 0.2) is 12.1 Å². The van der Waals surface area contributed by atoms with Crippen LogP contribution in [-0.2, 0) is 6.54 Å². The van der Waals surface area contributed by atoms with Crippen LogP contribution in [0.5, 0.6) is 11.5 Å². The number of hydrogen-bond acceptors (Lipinski definition) is 5. The van der Waals surface area contributed by atoms with Crippen LogP contribution in [0, 0.1) is 0 Å². The summed E-state index contributed by atoms with van der Waals surface area (Å²) in [5.74, 6) is 1.41. The third-order valence-corrected chi connectivity index (χ3v) is 4.30. The highest BCUT2D eigenvalue weighted by atomic mass is 35.5. The van der Waals surface area contributed by atoms with Crippen molar-refractivity contribution in [1.82, 2.24) is 15.1 Å². The largest absolute Gasteiger partial charge is 0.454 e. The van der Waals surface area contributed by atoms with Crippen molar-refractivity contribution >= 4 is 11.6 Å². The van der Waals surface area contributed by atoms with Crippen molar-refractivity contribution < 1.29 is 9.47 Å². The quantitative estimate of drug-likeness (QED) is 0.832. The van der Waals surface area contributed by atoms with Crippen LogP contribution in [-0.4, -0.2) is 62.9 Å². The summed E-state index contributed by atoms with van der Waals surface area (Å²) in [5.41, 5.74) is 1.13. The monoisotopic (exact) mass is 311 g/mol. The van der Waals surface area contributed by atoms with Gasteiger partial charge in [0.1, 0.15) is 0 Å². The van der Waals surface area contributed by atoms with Gasteiger partial charge in [-0.05, 0) is 24.7 Å². The molecular formula is C15H22ClN3O2. The molecule has 0 amide bonds. The molecule has 1 N–H and O–H groups in total. The topological polar surface area (TPSA) is 37.0 Å². The predicted molar refractivity (Wildman–Crippen MR) is 83.2 cm³/mol. The Balaban J connectivity index is 1.42. The highest BCUT2D eigenvalue weighted by molar-refractivity contribution is 6.32. The molecule has 0 spiro atoms. The maximum Gasteiger partial charge on any atom is 0.231 e. The highest BCUT2D eigenvalue weighted by Gasteiger charge is 2.18. The molecular weight excluding hydrogens is 290 g/mol. The Labute approximate surface area is 130 Å². The highest BCUT2D eigenvalue weighted by Crippen LogP contribution is 2.39. The lowest BCUT2D eigenvalue weighted by molar-refractivity contribution is 0.154. The fourth-order valence-electron chi connectivity index (χ4n) is 2.66. The number of halogens is 1. The Morgan fingerprint density at radius 2 is 2.00 bits per heavy atom. The number of fused-ring (bicyclic) bond motifs is 1. The summed E-state index contributed by atoms with van der Waals surface area (Å²) in [6.45, 7) is 7.78. The average molecular weight is 312 g/mol. The summed E-state index contributed by atoms with van der Waals surface area (Å²) in [7, 11) is 2.18. The molecule has 6 heteroatoms. The number of piperazine rings is 1. The van der Waals surface area contributed by atoms with E-state index >= 15 is 0 Å². The second-order valence-corrected chi connectivity index (χ2v) is 6.04. The van der Waals surface area contributed by atoms with Gasteiger partial charge in [0.05, 0.1) is 5.02 Å². The van der Waals surface area contributed by atoms with E-state index in [0.29, 0.717) is 10.8 Å². The zero-order valence-corrected chi connectivity index (χ0v) is 13.2. The van der Waals surface area contributed by atoms with Crippen LogP contribution in [0.25, 0.3) is 0 Å². The molecule has 3 rings (SSSR count). The van der Waals surface area contributed by atoms with E-state index in [1.54, 1.807) is 0 Å². The van der Waals surface area contributed by atoms with Gasteiger partial charge in [-0.2, -0.15) is 0 Å². The molecule has 1 aromatic carbocycles. The molecule has 0 bridgehead atoms. The SMILES string of the molecule is CN1CCN(CCNCc2cc(Cl)c3c(c2)OCO3)CC1. The zero-order chi connectivity index (χ0) is 14.7. The minimum absolute atomic E-state index is 0.259. The number of nitrogens with zero attached hydrogens (tertiary/aromatic N) is 2. The van der Waals surface area contributed by atoms with Crippen LogP contribution in [0.1, 0.15) is 5.56 Å². The van der Waals surface area contributed by atoms with E-state index in [0.717, 1.165) is 57.1 Å². The van der Waals surface area contributed by atoms with Gasteiger partial charge in [-0.15, -0.1) is 0 Å². The first kappa shape index (κ1) is 14.9. The lowest BCUT2D eigenvalue weighted by Crippen LogP contribution is -2.46. The molecule has 116 valence electrons. The number of ether oxygens (including phenoxy) is 2. The van der Waals surface area contributed by atoms with E-state index in [1.165, 1.54) is 0 Å². The van der Waals surface area contributed by atoms with Gasteiger partial charge in [-0.25, -0.2) is 0 Å². The minimum atomic E-state index is 0.259. The lowest BCUT2D eigenvalue weighted by Gasteiger charge is -2.32. The summed E-state index contributed by atoms with van der Waals surface area (Å²) < 4.78 is 10.7. The van der Waals surface area contributed by atoms with Gasteiger partial charge in [0.15, 0.2) is 11.5 Å². The Morgan fingerprint density at radius 3 is 2.81 bits per heavy atom. The summed E-state index contributed by atoms with van der Waals surface area (Å²) >= 11 is 6.18. The molecule has 21 heavy (non-hydrogen) atoms. The first-order valence-corrected chi connectivity index (χ1v) is 7.80. The molecule has 1 saturated heterocycles. The number of likely N-dealkylation sites (N-methyl/N-ethyl adjacent to an activating group) is 1. The summed E-state index contributed by atoms with van der Waals surface area (Å²) in [6, 6.07) is 3.94. The van der Waals surface area contributed by atoms with Crippen molar-refractivity contribution in [1.29, 1.82) is 0 Å². The molecule has 0 radical (unpaired) electrons. The lowest BCUT2D eigenvalue weighted by atomic mass is 10.2. The smallest absolute Gasteiger partial charge is 0.231 e. The molecule has 1 fully saturated rings. The van der Waals surface area contributed by atoms with Crippen molar-refractivity contribution in [2.75, 3.05) is 53.1 Å². The first-order chi connectivity index (χ1) is 10.2. The second-order valence-electron chi connectivity index (χ2n) is 5.63. The second kappa shape index (κ2) is 6.83. The van der Waals surface area contributed by atoms with Crippen molar-refractivity contribution in [2.45, 2.75) is 6.54 Å². The number of rotatable bonds is 5. The summed E-state index contributed by atoms with van der Waals surface area (Å²) in [6.07, 6.45) is 0. The molecule has 2 aliphatic rings. The van der Waals surface area contributed by atoms with Crippen LogP contribution in [0.4, 0.5) is 0 Å². The first-order valence-electron chi connectivity index (χ1n) is 7.42. The molecule has 2 heterocycles. The van der Waals surface area contributed by atoms with E-state index in [-0.39, 0.29) is 6.79 Å². The molecule has 0 saturated carbocycles. The Morgan fingerprint density at radius 1 is 1.19 bits per heavy atom. The van der Waals surface area contributed by atoms with E-state index in [2.05, 4.69) is 22.2 Å². The Bertz CT molecular complexity index is 490. The summed E-state index contributed by atoms with van der Waals surface area (Å²) in [5, 5.41) is 4.09.